The number of hydrogen-bond donors (Lipinski definition) is 2. The standard InChI is InChI=1S/C27H34FNO4/c1-18-6-9-22(10-11-27(31)32)25(13-18)20(3)33-17-24(30)16-29-12-4-5-23(29)14-21-8-7-19(2)26(28)15-21/h6-11,13,15,20,23-24,30H,4-5,12,14,16-17H2,1-3H3,(H,31,32)/b11-10+/t20-,23+,24-/m1/s1. The van der Waals surface area contributed by atoms with E-state index in [0.29, 0.717) is 12.1 Å². The summed E-state index contributed by atoms with van der Waals surface area (Å²) in [6, 6.07) is 11.5. The third kappa shape index (κ3) is 7.22. The predicted molar refractivity (Wildman–Crippen MR) is 128 cm³/mol. The number of carboxylic acid groups (broad SMARTS) is 1. The van der Waals surface area contributed by atoms with Crippen LogP contribution < -0.4 is 0 Å². The summed E-state index contributed by atoms with van der Waals surface area (Å²) in [6.45, 7) is 7.24. The van der Waals surface area contributed by atoms with E-state index < -0.39 is 12.1 Å². The van der Waals surface area contributed by atoms with E-state index in [1.165, 1.54) is 0 Å². The number of β-amino-alcohol motifs (C(OH)–C–C–N with tert-alkyl or cyclic N) is 1. The van der Waals surface area contributed by atoms with E-state index in [9.17, 15) is 14.3 Å². The van der Waals surface area contributed by atoms with E-state index in [4.69, 9.17) is 9.84 Å². The van der Waals surface area contributed by atoms with Crippen LogP contribution in [-0.2, 0) is 16.0 Å². The number of aliphatic hydroxyl groups is 1. The lowest BCUT2D eigenvalue weighted by atomic mass is 10.00. The first kappa shape index (κ1) is 25.1. The average molecular weight is 456 g/mol. The fourth-order valence-electron chi connectivity index (χ4n) is 4.43. The van der Waals surface area contributed by atoms with Crippen LogP contribution in [0.15, 0.2) is 42.5 Å². The summed E-state index contributed by atoms with van der Waals surface area (Å²) in [5.41, 5.74) is 4.37. The quantitative estimate of drug-likeness (QED) is 0.509. The van der Waals surface area contributed by atoms with Gasteiger partial charge in [0, 0.05) is 18.7 Å². The average Bonchev–Trinajstić information content (AvgIpc) is 3.19. The molecule has 33 heavy (non-hydrogen) atoms. The molecular weight excluding hydrogens is 421 g/mol. The molecule has 0 saturated carbocycles. The number of benzene rings is 2. The zero-order valence-corrected chi connectivity index (χ0v) is 19.6. The molecule has 0 amide bonds. The zero-order valence-electron chi connectivity index (χ0n) is 19.6. The van der Waals surface area contributed by atoms with Crippen molar-refractivity contribution in [2.45, 2.75) is 58.3 Å². The number of hydrogen-bond acceptors (Lipinski definition) is 4. The minimum atomic E-state index is -1.00. The highest BCUT2D eigenvalue weighted by molar-refractivity contribution is 5.85. The first-order valence-corrected chi connectivity index (χ1v) is 11.5. The van der Waals surface area contributed by atoms with Crippen molar-refractivity contribution >= 4 is 12.0 Å². The van der Waals surface area contributed by atoms with Crippen molar-refractivity contribution in [2.24, 2.45) is 0 Å². The van der Waals surface area contributed by atoms with Crippen molar-refractivity contribution in [3.8, 4) is 0 Å². The molecule has 178 valence electrons. The topological polar surface area (TPSA) is 70.0 Å². The van der Waals surface area contributed by atoms with E-state index in [1.54, 1.807) is 19.1 Å². The maximum absolute atomic E-state index is 13.9. The molecule has 0 spiro atoms. The summed E-state index contributed by atoms with van der Waals surface area (Å²) in [5, 5.41) is 19.6. The summed E-state index contributed by atoms with van der Waals surface area (Å²) >= 11 is 0. The van der Waals surface area contributed by atoms with Crippen LogP contribution in [0.2, 0.25) is 0 Å². The van der Waals surface area contributed by atoms with Gasteiger partial charge in [-0.2, -0.15) is 0 Å². The van der Waals surface area contributed by atoms with Crippen molar-refractivity contribution in [3.63, 3.8) is 0 Å². The Morgan fingerprint density at radius 2 is 2.06 bits per heavy atom. The van der Waals surface area contributed by atoms with Crippen LogP contribution in [0.25, 0.3) is 6.08 Å². The Balaban J connectivity index is 1.56. The van der Waals surface area contributed by atoms with Crippen molar-refractivity contribution < 1.29 is 24.1 Å². The molecule has 6 heteroatoms. The molecular formula is C27H34FNO4. The van der Waals surface area contributed by atoms with Gasteiger partial charge >= 0.3 is 5.97 Å². The summed E-state index contributed by atoms with van der Waals surface area (Å²) in [7, 11) is 0. The molecule has 1 fully saturated rings. The second-order valence-corrected chi connectivity index (χ2v) is 9.01. The normalized spacial score (nSPS) is 18.6. The number of aliphatic carboxylic acids is 1. The molecule has 0 unspecified atom stereocenters. The summed E-state index contributed by atoms with van der Waals surface area (Å²) < 4.78 is 19.9. The van der Waals surface area contributed by atoms with Crippen molar-refractivity contribution in [3.05, 3.63) is 76.1 Å². The lowest BCUT2D eigenvalue weighted by molar-refractivity contribution is -0.131. The molecule has 1 aliphatic rings. The zero-order chi connectivity index (χ0) is 24.0. The van der Waals surface area contributed by atoms with Crippen LogP contribution in [0.1, 0.15) is 53.7 Å². The van der Waals surface area contributed by atoms with E-state index in [1.807, 2.05) is 44.2 Å². The van der Waals surface area contributed by atoms with E-state index in [2.05, 4.69) is 4.90 Å². The van der Waals surface area contributed by atoms with Crippen LogP contribution in [0.3, 0.4) is 0 Å². The monoisotopic (exact) mass is 455 g/mol. The number of ether oxygens (including phenoxy) is 1. The molecule has 1 saturated heterocycles. The maximum atomic E-state index is 13.9. The fraction of sp³-hybridized carbons (Fsp3) is 0.444. The Bertz CT molecular complexity index is 990. The van der Waals surface area contributed by atoms with Crippen molar-refractivity contribution in [1.82, 2.24) is 4.90 Å². The number of aryl methyl sites for hydroxylation is 2. The van der Waals surface area contributed by atoms with Crippen molar-refractivity contribution in [1.29, 1.82) is 0 Å². The van der Waals surface area contributed by atoms with Gasteiger partial charge in [0.1, 0.15) is 5.82 Å². The molecule has 0 radical (unpaired) electrons. The Kier molecular flexibility index (Phi) is 8.78. The van der Waals surface area contributed by atoms with Gasteiger partial charge in [0.25, 0.3) is 0 Å². The van der Waals surface area contributed by atoms with E-state index in [0.717, 1.165) is 54.1 Å². The van der Waals surface area contributed by atoms with Crippen LogP contribution in [0.4, 0.5) is 4.39 Å². The number of rotatable bonds is 10. The lowest BCUT2D eigenvalue weighted by Crippen LogP contribution is -2.39. The van der Waals surface area contributed by atoms with Gasteiger partial charge in [-0.25, -0.2) is 9.18 Å². The SMILES string of the molecule is Cc1ccc(/C=C/C(=O)O)c([C@@H](C)OC[C@H](O)CN2CCC[C@H]2Cc2ccc(C)c(F)c2)c1. The van der Waals surface area contributed by atoms with Gasteiger partial charge in [-0.05, 0) is 81.0 Å². The first-order valence-electron chi connectivity index (χ1n) is 11.5. The molecule has 1 aliphatic heterocycles. The molecule has 2 aromatic carbocycles. The number of carboxylic acids is 1. The number of carbonyl (C=O) groups is 1. The van der Waals surface area contributed by atoms with Crippen molar-refractivity contribution in [2.75, 3.05) is 19.7 Å². The fourth-order valence-corrected chi connectivity index (χ4v) is 4.43. The van der Waals surface area contributed by atoms with Gasteiger partial charge < -0.3 is 14.9 Å². The third-order valence-corrected chi connectivity index (χ3v) is 6.28. The van der Waals surface area contributed by atoms with Gasteiger partial charge in [0.2, 0.25) is 0 Å². The second-order valence-electron chi connectivity index (χ2n) is 9.01. The Morgan fingerprint density at radius 1 is 1.27 bits per heavy atom. The number of aliphatic hydroxyl groups excluding tert-OH is 1. The first-order chi connectivity index (χ1) is 15.7. The molecule has 5 nitrogen and oxygen atoms in total. The minimum Gasteiger partial charge on any atom is -0.478 e. The van der Waals surface area contributed by atoms with Crippen LogP contribution >= 0.6 is 0 Å². The van der Waals surface area contributed by atoms with E-state index >= 15 is 0 Å². The number of halogens is 1. The second kappa shape index (κ2) is 11.5. The molecule has 2 N–H and O–H groups in total. The van der Waals surface area contributed by atoms with Gasteiger partial charge in [0.05, 0.1) is 18.8 Å². The lowest BCUT2D eigenvalue weighted by Gasteiger charge is -2.27. The molecule has 0 aromatic heterocycles. The minimum absolute atomic E-state index is 0.173. The third-order valence-electron chi connectivity index (χ3n) is 6.28. The summed E-state index contributed by atoms with van der Waals surface area (Å²) in [5.74, 6) is -1.17. The molecule has 3 rings (SSSR count). The molecule has 0 bridgehead atoms. The highest BCUT2D eigenvalue weighted by Gasteiger charge is 2.27. The smallest absolute Gasteiger partial charge is 0.328 e. The molecule has 0 aliphatic carbocycles. The summed E-state index contributed by atoms with van der Waals surface area (Å²) in [4.78, 5) is 13.2. The summed E-state index contributed by atoms with van der Waals surface area (Å²) in [6.07, 6.45) is 4.60. The maximum Gasteiger partial charge on any atom is 0.328 e. The Labute approximate surface area is 195 Å². The van der Waals surface area contributed by atoms with Crippen LogP contribution in [-0.4, -0.2) is 52.9 Å². The molecule has 1 heterocycles. The van der Waals surface area contributed by atoms with Gasteiger partial charge in [-0.15, -0.1) is 0 Å². The highest BCUT2D eigenvalue weighted by Crippen LogP contribution is 2.25. The predicted octanol–water partition coefficient (Wildman–Crippen LogP) is 4.69. The van der Waals surface area contributed by atoms with Gasteiger partial charge in [-0.1, -0.05) is 35.9 Å². The van der Waals surface area contributed by atoms with E-state index in [-0.39, 0.29) is 24.6 Å². The Hall–Kier alpha value is -2.54. The number of likely N-dealkylation sites (tertiary alicyclic amines) is 1. The van der Waals surface area contributed by atoms with Crippen LogP contribution in [0, 0.1) is 19.7 Å². The molecule has 3 atom stereocenters. The van der Waals surface area contributed by atoms with Gasteiger partial charge in [-0.3, -0.25) is 4.90 Å². The Morgan fingerprint density at radius 3 is 2.79 bits per heavy atom. The molecule has 2 aromatic rings. The van der Waals surface area contributed by atoms with Gasteiger partial charge in [0.15, 0.2) is 0 Å². The number of nitrogens with zero attached hydrogens (tertiary/aromatic N) is 1. The largest absolute Gasteiger partial charge is 0.478 e. The highest BCUT2D eigenvalue weighted by atomic mass is 19.1. The van der Waals surface area contributed by atoms with Crippen LogP contribution in [0.5, 0.6) is 0 Å².